The first-order valence-corrected chi connectivity index (χ1v) is 14.4. The highest BCUT2D eigenvalue weighted by atomic mass is 16.5. The fourth-order valence-corrected chi connectivity index (χ4v) is 5.86. The maximum Gasteiger partial charge on any atom is 0.405 e. The molecule has 3 aliphatic rings. The molecule has 0 bridgehead atoms. The van der Waals surface area contributed by atoms with Crippen molar-refractivity contribution in [2.75, 3.05) is 49.1 Å². The molecule has 0 radical (unpaired) electrons. The van der Waals surface area contributed by atoms with Gasteiger partial charge in [-0.15, -0.1) is 0 Å². The molecule has 13 nitrogen and oxygen atoms in total. The van der Waals surface area contributed by atoms with Crippen LogP contribution in [0.1, 0.15) is 70.5 Å². The number of nitrogens with zero attached hydrogens (tertiary/aromatic N) is 7. The highest BCUT2D eigenvalue weighted by Gasteiger charge is 2.41. The second-order valence-electron chi connectivity index (χ2n) is 11.3. The summed E-state index contributed by atoms with van der Waals surface area (Å²) >= 11 is 0. The summed E-state index contributed by atoms with van der Waals surface area (Å²) in [4.78, 5) is 43.3. The molecule has 2 aromatic rings. The predicted molar refractivity (Wildman–Crippen MR) is 147 cm³/mol. The van der Waals surface area contributed by atoms with Crippen molar-refractivity contribution < 1.29 is 24.0 Å². The number of nitrogens with one attached hydrogen (secondary N) is 1. The van der Waals surface area contributed by atoms with Crippen LogP contribution in [0.4, 0.5) is 16.8 Å². The molecule has 2 amide bonds. The predicted octanol–water partition coefficient (Wildman–Crippen LogP) is 2.90. The molecule has 0 spiro atoms. The molecular weight excluding hydrogens is 516 g/mol. The van der Waals surface area contributed by atoms with Crippen LogP contribution in [0.15, 0.2) is 16.9 Å². The van der Waals surface area contributed by atoms with Gasteiger partial charge in [0.05, 0.1) is 31.1 Å². The number of aromatic nitrogens is 4. The Bertz CT molecular complexity index is 1130. The van der Waals surface area contributed by atoms with Crippen LogP contribution in [0.5, 0.6) is 5.75 Å². The van der Waals surface area contributed by atoms with E-state index in [0.29, 0.717) is 56.3 Å². The van der Waals surface area contributed by atoms with Gasteiger partial charge in [0.25, 0.3) is 0 Å². The third kappa shape index (κ3) is 6.73. The van der Waals surface area contributed by atoms with Crippen LogP contribution in [0.25, 0.3) is 0 Å². The summed E-state index contributed by atoms with van der Waals surface area (Å²) in [5, 5.41) is 16.0. The molecule has 13 heteroatoms. The number of hydrogen-bond donors (Lipinski definition) is 2. The van der Waals surface area contributed by atoms with Crippen molar-refractivity contribution in [2.24, 2.45) is 5.92 Å². The fraction of sp³-hybridized carbons (Fsp3) is 0.704. The molecule has 2 N–H and O–H groups in total. The van der Waals surface area contributed by atoms with E-state index in [1.807, 2.05) is 9.80 Å². The lowest BCUT2D eigenvalue weighted by atomic mass is 9.92. The maximum absolute atomic E-state index is 12.5. The number of ether oxygens (including phenoxy) is 1. The molecular formula is C27H40N8O5. The van der Waals surface area contributed by atoms with Gasteiger partial charge in [0.2, 0.25) is 11.9 Å². The third-order valence-corrected chi connectivity index (χ3v) is 8.11. The number of hydrogen-bond acceptors (Lipinski definition) is 10. The smallest absolute Gasteiger partial charge is 0.405 e. The number of amides is 2. The first-order chi connectivity index (χ1) is 19.4. The van der Waals surface area contributed by atoms with Gasteiger partial charge in [-0.25, -0.2) is 14.8 Å². The van der Waals surface area contributed by atoms with Crippen molar-refractivity contribution >= 4 is 24.0 Å². The number of likely N-dealkylation sites (tertiary alicyclic amines) is 1. The highest BCUT2D eigenvalue weighted by molar-refractivity contribution is 5.77. The van der Waals surface area contributed by atoms with E-state index in [1.54, 1.807) is 12.4 Å². The molecule has 0 aromatic carbocycles. The van der Waals surface area contributed by atoms with E-state index in [2.05, 4.69) is 44.2 Å². The Balaban J connectivity index is 1.05. The van der Waals surface area contributed by atoms with Gasteiger partial charge in [-0.2, -0.15) is 4.98 Å². The summed E-state index contributed by atoms with van der Waals surface area (Å²) < 4.78 is 11.3. The molecule has 2 atom stereocenters. The van der Waals surface area contributed by atoms with Gasteiger partial charge in [-0.3, -0.25) is 4.79 Å². The van der Waals surface area contributed by atoms with Crippen LogP contribution in [0.2, 0.25) is 0 Å². The summed E-state index contributed by atoms with van der Waals surface area (Å²) in [7, 11) is 0. The van der Waals surface area contributed by atoms with Crippen LogP contribution < -0.4 is 19.9 Å². The first kappa shape index (κ1) is 27.9. The van der Waals surface area contributed by atoms with E-state index in [4.69, 9.17) is 9.26 Å². The number of carbonyl (C=O) groups is 2. The normalized spacial score (nSPS) is 22.3. The van der Waals surface area contributed by atoms with E-state index in [9.17, 15) is 14.7 Å². The lowest BCUT2D eigenvalue weighted by molar-refractivity contribution is -0.135. The van der Waals surface area contributed by atoms with Gasteiger partial charge in [0.1, 0.15) is 0 Å². The van der Waals surface area contributed by atoms with Crippen molar-refractivity contribution in [3.63, 3.8) is 0 Å². The molecule has 0 saturated carbocycles. The molecule has 40 heavy (non-hydrogen) atoms. The van der Waals surface area contributed by atoms with E-state index >= 15 is 0 Å². The molecule has 3 fully saturated rings. The van der Waals surface area contributed by atoms with E-state index in [0.717, 1.165) is 57.4 Å². The third-order valence-electron chi connectivity index (χ3n) is 8.11. The highest BCUT2D eigenvalue weighted by Crippen LogP contribution is 2.27. The number of piperidine rings is 2. The van der Waals surface area contributed by atoms with E-state index in [-0.39, 0.29) is 17.9 Å². The molecule has 218 valence electrons. The number of carboxylic acid groups (broad SMARTS) is 1. The Morgan fingerprint density at radius 2 is 1.93 bits per heavy atom. The van der Waals surface area contributed by atoms with Crippen molar-refractivity contribution in [1.82, 2.24) is 30.3 Å². The maximum atomic E-state index is 12.5. The van der Waals surface area contributed by atoms with E-state index < -0.39 is 12.1 Å². The second-order valence-corrected chi connectivity index (χ2v) is 11.3. The molecule has 3 aliphatic heterocycles. The van der Waals surface area contributed by atoms with Crippen LogP contribution in [0.3, 0.4) is 0 Å². The summed E-state index contributed by atoms with van der Waals surface area (Å²) in [6.07, 6.45) is 8.78. The Hall–Kier alpha value is -3.64. The largest absolute Gasteiger partial charge is 0.490 e. The van der Waals surface area contributed by atoms with Gasteiger partial charge >= 0.3 is 12.1 Å². The Morgan fingerprint density at radius 3 is 2.60 bits per heavy atom. The molecule has 3 saturated heterocycles. The summed E-state index contributed by atoms with van der Waals surface area (Å²) in [6.45, 7) is 8.11. The fourth-order valence-electron chi connectivity index (χ4n) is 5.86. The standard InChI is InChI=1S/C27H40N8O5/c1-18(2)24-31-26(40-32-24)33-11-8-19(9-12-33)6-5-13-39-20-14-28-25(29-15-20)34-16-21(30-27(37)38)22(17-34)35-10-4-3-7-23(35)36/h14-15,18-19,21-22,30H,3-13,16-17H2,1-2H3,(H,37,38)/t21-,22+/m0/s1. The quantitative estimate of drug-likeness (QED) is 0.416. The Kier molecular flexibility index (Phi) is 8.85. The zero-order valence-electron chi connectivity index (χ0n) is 23.4. The van der Waals surface area contributed by atoms with Gasteiger partial charge in [0, 0.05) is 45.1 Å². The first-order valence-electron chi connectivity index (χ1n) is 14.4. The SMILES string of the molecule is CC(C)c1noc(N2CCC(CCCOc3cnc(N4C[C@H](NC(=O)O)[C@H](N5CCCCC5=O)C4)nc3)CC2)n1. The van der Waals surface area contributed by atoms with Crippen molar-refractivity contribution in [3.05, 3.63) is 18.2 Å². The molecule has 0 aliphatic carbocycles. The number of carbonyl (C=O) groups excluding carboxylic acids is 1. The van der Waals surface area contributed by atoms with Crippen LogP contribution in [-0.4, -0.2) is 93.5 Å². The second kappa shape index (κ2) is 12.7. The van der Waals surface area contributed by atoms with Crippen molar-refractivity contribution in [1.29, 1.82) is 0 Å². The van der Waals surface area contributed by atoms with Crippen LogP contribution in [-0.2, 0) is 4.79 Å². The molecule has 5 heterocycles. The topological polar surface area (TPSA) is 150 Å². The van der Waals surface area contributed by atoms with Gasteiger partial charge < -0.3 is 34.4 Å². The lowest BCUT2D eigenvalue weighted by Gasteiger charge is -2.34. The Labute approximate surface area is 234 Å². The van der Waals surface area contributed by atoms with Crippen molar-refractivity contribution in [3.8, 4) is 5.75 Å². The number of rotatable bonds is 10. The molecule has 5 rings (SSSR count). The van der Waals surface area contributed by atoms with Gasteiger partial charge in [0.15, 0.2) is 11.6 Å². The van der Waals surface area contributed by atoms with Crippen molar-refractivity contribution in [2.45, 2.75) is 76.8 Å². The minimum atomic E-state index is -1.09. The average Bonchev–Trinajstić information content (AvgIpc) is 3.60. The lowest BCUT2D eigenvalue weighted by Crippen LogP contribution is -2.54. The van der Waals surface area contributed by atoms with Crippen LogP contribution >= 0.6 is 0 Å². The van der Waals surface area contributed by atoms with Gasteiger partial charge in [-0.1, -0.05) is 19.0 Å². The average molecular weight is 557 g/mol. The van der Waals surface area contributed by atoms with Crippen LogP contribution in [0, 0.1) is 5.92 Å². The minimum absolute atomic E-state index is 0.0811. The molecule has 2 aromatic heterocycles. The van der Waals surface area contributed by atoms with Gasteiger partial charge in [-0.05, 0) is 44.4 Å². The summed E-state index contributed by atoms with van der Waals surface area (Å²) in [5.74, 6) is 2.85. The summed E-state index contributed by atoms with van der Waals surface area (Å²) in [6, 6.07) is 0.00214. The van der Waals surface area contributed by atoms with E-state index in [1.165, 1.54) is 0 Å². The zero-order valence-corrected chi connectivity index (χ0v) is 23.4. The summed E-state index contributed by atoms with van der Waals surface area (Å²) in [5.41, 5.74) is 0. The molecule has 0 unspecified atom stereocenters. The zero-order chi connectivity index (χ0) is 28.1. The number of anilines is 2. The Morgan fingerprint density at radius 1 is 1.15 bits per heavy atom. The monoisotopic (exact) mass is 556 g/mol. The minimum Gasteiger partial charge on any atom is -0.490 e.